The Labute approximate surface area is 131 Å². The number of carboxylic acids is 3. The van der Waals surface area contributed by atoms with Crippen molar-refractivity contribution in [1.29, 1.82) is 0 Å². The molecule has 0 aromatic rings. The molecule has 2 saturated heterocycles. The molecule has 2 rings (SSSR count). The number of ether oxygens (including phenoxy) is 2. The van der Waals surface area contributed by atoms with Crippen LogP contribution in [0.1, 0.15) is 32.1 Å². The molecule has 0 amide bonds. The number of hydrogen-bond donors (Lipinski definition) is 4. The first-order valence-electron chi connectivity index (χ1n) is 7.35. The molecule has 3 atom stereocenters. The van der Waals surface area contributed by atoms with Gasteiger partial charge in [0.05, 0.1) is 31.8 Å². The molecule has 0 saturated carbocycles. The van der Waals surface area contributed by atoms with Crippen LogP contribution in [-0.2, 0) is 23.9 Å². The minimum atomic E-state index is -2.91. The Morgan fingerprint density at radius 2 is 1.35 bits per heavy atom. The molecule has 130 valence electrons. The average Bonchev–Trinajstić information content (AvgIpc) is 3.32. The van der Waals surface area contributed by atoms with E-state index in [9.17, 15) is 29.7 Å². The Kier molecular flexibility index (Phi) is 4.92. The zero-order valence-electron chi connectivity index (χ0n) is 12.4. The van der Waals surface area contributed by atoms with E-state index >= 15 is 0 Å². The summed E-state index contributed by atoms with van der Waals surface area (Å²) >= 11 is 0. The van der Waals surface area contributed by atoms with Gasteiger partial charge >= 0.3 is 17.9 Å². The zero-order valence-corrected chi connectivity index (χ0v) is 12.4. The highest BCUT2D eigenvalue weighted by Crippen LogP contribution is 2.46. The largest absolute Gasteiger partial charge is 0.481 e. The summed E-state index contributed by atoms with van der Waals surface area (Å²) in [5.74, 6) is -4.95. The van der Waals surface area contributed by atoms with E-state index in [1.807, 2.05) is 0 Å². The van der Waals surface area contributed by atoms with Gasteiger partial charge in [0.15, 0.2) is 5.60 Å². The number of carboxylic acid groups (broad SMARTS) is 3. The molecule has 9 heteroatoms. The Morgan fingerprint density at radius 1 is 0.913 bits per heavy atom. The van der Waals surface area contributed by atoms with Gasteiger partial charge in [0, 0.05) is 0 Å². The van der Waals surface area contributed by atoms with Gasteiger partial charge in [-0.05, 0) is 25.7 Å². The normalized spacial score (nSPS) is 27.5. The lowest BCUT2D eigenvalue weighted by atomic mass is 9.64. The fraction of sp³-hybridized carbons (Fsp3) is 0.786. The summed E-state index contributed by atoms with van der Waals surface area (Å²) in [6.45, 7) is 0.901. The number of epoxide rings is 2. The van der Waals surface area contributed by atoms with Gasteiger partial charge in [-0.25, -0.2) is 4.79 Å². The van der Waals surface area contributed by atoms with Crippen molar-refractivity contribution in [3.63, 3.8) is 0 Å². The highest BCUT2D eigenvalue weighted by atomic mass is 16.6. The fourth-order valence-electron chi connectivity index (χ4n) is 2.88. The van der Waals surface area contributed by atoms with E-state index in [-0.39, 0.29) is 37.9 Å². The fourth-order valence-corrected chi connectivity index (χ4v) is 2.88. The van der Waals surface area contributed by atoms with Gasteiger partial charge in [0.1, 0.15) is 5.41 Å². The summed E-state index contributed by atoms with van der Waals surface area (Å²) in [4.78, 5) is 34.5. The van der Waals surface area contributed by atoms with Crippen molar-refractivity contribution in [2.24, 2.45) is 5.41 Å². The summed E-state index contributed by atoms with van der Waals surface area (Å²) in [6, 6.07) is 0. The third-order valence-corrected chi connectivity index (χ3v) is 4.55. The van der Waals surface area contributed by atoms with Crippen LogP contribution in [0.5, 0.6) is 0 Å². The molecule has 0 spiro atoms. The van der Waals surface area contributed by atoms with E-state index < -0.39 is 35.3 Å². The van der Waals surface area contributed by atoms with Crippen molar-refractivity contribution in [2.45, 2.75) is 49.9 Å². The van der Waals surface area contributed by atoms with Gasteiger partial charge in [0.2, 0.25) is 0 Å². The molecule has 3 unspecified atom stereocenters. The van der Waals surface area contributed by atoms with Crippen molar-refractivity contribution < 1.29 is 44.3 Å². The van der Waals surface area contributed by atoms with Crippen LogP contribution in [0.3, 0.4) is 0 Å². The minimum absolute atomic E-state index is 0.172. The third-order valence-electron chi connectivity index (χ3n) is 4.55. The molecule has 0 bridgehead atoms. The maximum Gasteiger partial charge on any atom is 0.337 e. The van der Waals surface area contributed by atoms with Crippen LogP contribution < -0.4 is 0 Å². The van der Waals surface area contributed by atoms with Crippen LogP contribution >= 0.6 is 0 Å². The molecule has 0 radical (unpaired) electrons. The van der Waals surface area contributed by atoms with Gasteiger partial charge < -0.3 is 29.9 Å². The molecule has 9 nitrogen and oxygen atoms in total. The Balaban J connectivity index is 2.33. The summed E-state index contributed by atoms with van der Waals surface area (Å²) in [7, 11) is 0. The molecule has 4 N–H and O–H groups in total. The minimum Gasteiger partial charge on any atom is -0.481 e. The van der Waals surface area contributed by atoms with Crippen LogP contribution in [-0.4, -0.2) is 69.4 Å². The van der Waals surface area contributed by atoms with Crippen LogP contribution in [0, 0.1) is 5.41 Å². The van der Waals surface area contributed by atoms with Crippen molar-refractivity contribution in [1.82, 2.24) is 0 Å². The summed E-state index contributed by atoms with van der Waals surface area (Å²) in [5.41, 5.74) is -5.02. The van der Waals surface area contributed by atoms with E-state index in [4.69, 9.17) is 14.6 Å². The smallest absolute Gasteiger partial charge is 0.337 e. The first kappa shape index (κ1) is 17.6. The van der Waals surface area contributed by atoms with Gasteiger partial charge in [0.25, 0.3) is 0 Å². The van der Waals surface area contributed by atoms with Gasteiger partial charge in [-0.1, -0.05) is 0 Å². The number of aliphatic hydroxyl groups is 1. The van der Waals surface area contributed by atoms with Crippen LogP contribution in [0.2, 0.25) is 0 Å². The highest BCUT2D eigenvalue weighted by molar-refractivity contribution is 5.92. The number of aliphatic carboxylic acids is 3. The molecular formula is C14H20O9. The lowest BCUT2D eigenvalue weighted by molar-refractivity contribution is -0.196. The van der Waals surface area contributed by atoms with Crippen LogP contribution in [0.15, 0.2) is 0 Å². The SMILES string of the molecule is O=C(O)CC(O)(C(=O)O)C(CCC1CO1)(CCC1CO1)C(=O)O. The predicted octanol–water partition coefficient (Wildman–Crippen LogP) is -0.294. The highest BCUT2D eigenvalue weighted by Gasteiger charge is 2.62. The lowest BCUT2D eigenvalue weighted by Gasteiger charge is -2.40. The first-order valence-corrected chi connectivity index (χ1v) is 7.35. The monoisotopic (exact) mass is 332 g/mol. The molecule has 23 heavy (non-hydrogen) atoms. The van der Waals surface area contributed by atoms with E-state index in [1.54, 1.807) is 0 Å². The molecule has 0 aromatic carbocycles. The van der Waals surface area contributed by atoms with E-state index in [0.29, 0.717) is 13.2 Å². The molecule has 2 heterocycles. The standard InChI is InChI=1S/C14H20O9/c15-10(16)5-14(21,12(19)20)13(11(17)18,3-1-8-6-22-8)4-2-9-7-23-9/h8-9,21H,1-7H2,(H,15,16)(H,17,18)(H,19,20). The summed E-state index contributed by atoms with van der Waals surface area (Å²) in [5, 5.41) is 38.6. The van der Waals surface area contributed by atoms with Crippen molar-refractivity contribution in [3.05, 3.63) is 0 Å². The van der Waals surface area contributed by atoms with Crippen molar-refractivity contribution in [2.75, 3.05) is 13.2 Å². The average molecular weight is 332 g/mol. The molecule has 2 aliphatic heterocycles. The lowest BCUT2D eigenvalue weighted by Crippen LogP contribution is -2.59. The number of hydrogen-bond acceptors (Lipinski definition) is 6. The van der Waals surface area contributed by atoms with Crippen LogP contribution in [0.25, 0.3) is 0 Å². The van der Waals surface area contributed by atoms with E-state index in [0.717, 1.165) is 0 Å². The third kappa shape index (κ3) is 3.80. The Bertz CT molecular complexity index is 478. The van der Waals surface area contributed by atoms with Crippen molar-refractivity contribution >= 4 is 17.9 Å². The molecule has 2 fully saturated rings. The second-order valence-corrected chi connectivity index (χ2v) is 6.11. The van der Waals surface area contributed by atoms with Gasteiger partial charge in [-0.2, -0.15) is 0 Å². The Hall–Kier alpha value is -1.71. The van der Waals surface area contributed by atoms with E-state index in [2.05, 4.69) is 0 Å². The van der Waals surface area contributed by atoms with Crippen LogP contribution in [0.4, 0.5) is 0 Å². The molecule has 0 aromatic heterocycles. The van der Waals surface area contributed by atoms with Gasteiger partial charge in [-0.3, -0.25) is 9.59 Å². The summed E-state index contributed by atoms with van der Waals surface area (Å²) in [6.07, 6.45) is -1.42. The molecule has 0 aliphatic carbocycles. The molecular weight excluding hydrogens is 312 g/mol. The second-order valence-electron chi connectivity index (χ2n) is 6.11. The Morgan fingerprint density at radius 3 is 1.61 bits per heavy atom. The predicted molar refractivity (Wildman–Crippen MR) is 72.9 cm³/mol. The maximum atomic E-state index is 11.9. The van der Waals surface area contributed by atoms with E-state index in [1.165, 1.54) is 0 Å². The topological polar surface area (TPSA) is 157 Å². The number of rotatable bonds is 11. The number of carbonyl (C=O) groups is 3. The van der Waals surface area contributed by atoms with Crippen molar-refractivity contribution in [3.8, 4) is 0 Å². The quantitative estimate of drug-likeness (QED) is 0.373. The van der Waals surface area contributed by atoms with Gasteiger partial charge in [-0.15, -0.1) is 0 Å². The maximum absolute atomic E-state index is 11.9. The second kappa shape index (κ2) is 6.42. The first-order chi connectivity index (χ1) is 10.7. The zero-order chi connectivity index (χ0) is 17.3. The summed E-state index contributed by atoms with van der Waals surface area (Å²) < 4.78 is 10.0. The molecule has 2 aliphatic rings.